The number of aliphatic hydroxyl groups excluding tert-OH is 1. The van der Waals surface area contributed by atoms with E-state index >= 15 is 0 Å². The predicted molar refractivity (Wildman–Crippen MR) is 68.4 cm³/mol. The van der Waals surface area contributed by atoms with Gasteiger partial charge in [-0.15, -0.1) is 12.4 Å². The minimum atomic E-state index is -0.358. The predicted octanol–water partition coefficient (Wildman–Crippen LogP) is 0.0160. The number of nitrogens with zero attached hydrogens (tertiary/aromatic N) is 1. The van der Waals surface area contributed by atoms with E-state index in [9.17, 15) is 4.79 Å². The van der Waals surface area contributed by atoms with Crippen molar-refractivity contribution in [3.63, 3.8) is 0 Å². The fourth-order valence-corrected chi connectivity index (χ4v) is 1.61. The third kappa shape index (κ3) is 6.83. The molecule has 17 heavy (non-hydrogen) atoms. The van der Waals surface area contributed by atoms with Crippen molar-refractivity contribution in [3.8, 4) is 0 Å². The van der Waals surface area contributed by atoms with E-state index in [-0.39, 0.29) is 30.5 Å². The number of carbonyl (C=O) groups is 1. The monoisotopic (exact) mass is 266 g/mol. The van der Waals surface area contributed by atoms with Crippen LogP contribution in [0.5, 0.6) is 0 Å². The Kier molecular flexibility index (Phi) is 8.51. The van der Waals surface area contributed by atoms with Crippen LogP contribution in [-0.4, -0.2) is 61.4 Å². The van der Waals surface area contributed by atoms with Gasteiger partial charge in [-0.25, -0.2) is 0 Å². The van der Waals surface area contributed by atoms with E-state index in [1.165, 1.54) is 0 Å². The molecule has 1 rings (SSSR count). The second-order valence-electron chi connectivity index (χ2n) is 4.35. The van der Waals surface area contributed by atoms with E-state index < -0.39 is 0 Å². The molecule has 0 bridgehead atoms. The Morgan fingerprint density at radius 2 is 2.35 bits per heavy atom. The number of rotatable bonds is 5. The zero-order valence-electron chi connectivity index (χ0n) is 10.5. The topological polar surface area (TPSA) is 61.8 Å². The van der Waals surface area contributed by atoms with Gasteiger partial charge < -0.3 is 20.1 Å². The van der Waals surface area contributed by atoms with Crippen LogP contribution in [0.4, 0.5) is 0 Å². The molecule has 0 aliphatic carbocycles. The Morgan fingerprint density at radius 1 is 1.65 bits per heavy atom. The normalized spacial score (nSPS) is 21.5. The van der Waals surface area contributed by atoms with Gasteiger partial charge in [-0.3, -0.25) is 4.79 Å². The standard InChI is InChI=1S/C11H22N2O3.ClH/c1-9(14)3-5-13(2)11(15)7-10-8-12-4-6-16-10;/h9-10,12,14H,3-8H2,1-2H3;1H. The number of carbonyl (C=O) groups excluding carboxylic acids is 1. The summed E-state index contributed by atoms with van der Waals surface area (Å²) in [4.78, 5) is 13.4. The molecule has 0 saturated carbocycles. The number of morpholine rings is 1. The Hall–Kier alpha value is -0.360. The molecule has 1 amide bonds. The summed E-state index contributed by atoms with van der Waals surface area (Å²) in [5.74, 6) is 0.0781. The fourth-order valence-electron chi connectivity index (χ4n) is 1.61. The number of halogens is 1. The third-order valence-electron chi connectivity index (χ3n) is 2.71. The van der Waals surface area contributed by atoms with Gasteiger partial charge in [0.05, 0.1) is 25.2 Å². The van der Waals surface area contributed by atoms with Crippen molar-refractivity contribution in [1.82, 2.24) is 10.2 Å². The molecular weight excluding hydrogens is 244 g/mol. The van der Waals surface area contributed by atoms with E-state index in [0.717, 1.165) is 13.1 Å². The number of amides is 1. The van der Waals surface area contributed by atoms with Crippen LogP contribution < -0.4 is 5.32 Å². The van der Waals surface area contributed by atoms with Crippen LogP contribution in [0.1, 0.15) is 19.8 Å². The van der Waals surface area contributed by atoms with Gasteiger partial charge in [-0.2, -0.15) is 0 Å². The lowest BCUT2D eigenvalue weighted by Gasteiger charge is -2.25. The zero-order chi connectivity index (χ0) is 12.0. The molecule has 1 aliphatic rings. The average molecular weight is 267 g/mol. The number of aliphatic hydroxyl groups is 1. The van der Waals surface area contributed by atoms with Crippen LogP contribution in [0, 0.1) is 0 Å². The SMILES string of the molecule is CC(O)CCN(C)C(=O)CC1CNCCO1.Cl. The average Bonchev–Trinajstić information content (AvgIpc) is 2.27. The van der Waals surface area contributed by atoms with Gasteiger partial charge in [0.2, 0.25) is 5.91 Å². The molecule has 1 heterocycles. The molecule has 2 N–H and O–H groups in total. The Bertz CT molecular complexity index is 221. The summed E-state index contributed by atoms with van der Waals surface area (Å²) in [6.07, 6.45) is 0.674. The summed E-state index contributed by atoms with van der Waals surface area (Å²) in [5, 5.41) is 12.3. The first kappa shape index (κ1) is 16.6. The van der Waals surface area contributed by atoms with E-state index in [1.807, 2.05) is 0 Å². The van der Waals surface area contributed by atoms with Crippen molar-refractivity contribution in [2.45, 2.75) is 32.0 Å². The maximum atomic E-state index is 11.8. The number of nitrogens with one attached hydrogen (secondary N) is 1. The molecule has 0 aromatic heterocycles. The van der Waals surface area contributed by atoms with Gasteiger partial charge >= 0.3 is 0 Å². The summed E-state index contributed by atoms with van der Waals surface area (Å²) < 4.78 is 5.46. The highest BCUT2D eigenvalue weighted by atomic mass is 35.5. The van der Waals surface area contributed by atoms with Crippen LogP contribution in [0.15, 0.2) is 0 Å². The second kappa shape index (κ2) is 8.69. The highest BCUT2D eigenvalue weighted by Gasteiger charge is 2.19. The van der Waals surface area contributed by atoms with Crippen molar-refractivity contribution in [1.29, 1.82) is 0 Å². The van der Waals surface area contributed by atoms with Gasteiger partial charge in [0.25, 0.3) is 0 Å². The number of hydrogen-bond donors (Lipinski definition) is 2. The van der Waals surface area contributed by atoms with Gasteiger partial charge in [0.15, 0.2) is 0 Å². The molecule has 0 aromatic rings. The first-order chi connectivity index (χ1) is 7.59. The molecule has 1 saturated heterocycles. The second-order valence-corrected chi connectivity index (χ2v) is 4.35. The van der Waals surface area contributed by atoms with Crippen molar-refractivity contribution in [2.75, 3.05) is 33.3 Å². The van der Waals surface area contributed by atoms with Crippen molar-refractivity contribution in [2.24, 2.45) is 0 Å². The van der Waals surface area contributed by atoms with Crippen LogP contribution in [-0.2, 0) is 9.53 Å². The summed E-state index contributed by atoms with van der Waals surface area (Å²) in [6, 6.07) is 0. The first-order valence-electron chi connectivity index (χ1n) is 5.84. The van der Waals surface area contributed by atoms with E-state index in [2.05, 4.69) is 5.32 Å². The van der Waals surface area contributed by atoms with Crippen molar-refractivity contribution in [3.05, 3.63) is 0 Å². The Balaban J connectivity index is 0.00000256. The molecular formula is C11H23ClN2O3. The van der Waals surface area contributed by atoms with E-state index in [1.54, 1.807) is 18.9 Å². The van der Waals surface area contributed by atoms with E-state index in [4.69, 9.17) is 9.84 Å². The summed E-state index contributed by atoms with van der Waals surface area (Å²) in [7, 11) is 1.76. The molecule has 6 heteroatoms. The molecule has 0 spiro atoms. The van der Waals surface area contributed by atoms with Crippen LogP contribution in [0.25, 0.3) is 0 Å². The van der Waals surface area contributed by atoms with Crippen molar-refractivity contribution < 1.29 is 14.6 Å². The molecule has 5 nitrogen and oxygen atoms in total. The maximum absolute atomic E-state index is 11.8. The quantitative estimate of drug-likeness (QED) is 0.736. The molecule has 0 radical (unpaired) electrons. The smallest absolute Gasteiger partial charge is 0.224 e. The largest absolute Gasteiger partial charge is 0.393 e. The molecule has 0 aromatic carbocycles. The van der Waals surface area contributed by atoms with E-state index in [0.29, 0.717) is 26.0 Å². The number of hydrogen-bond acceptors (Lipinski definition) is 4. The molecule has 2 atom stereocenters. The fraction of sp³-hybridized carbons (Fsp3) is 0.909. The summed E-state index contributed by atoms with van der Waals surface area (Å²) in [5.41, 5.74) is 0. The molecule has 1 aliphatic heterocycles. The number of ether oxygens (including phenoxy) is 1. The van der Waals surface area contributed by atoms with Crippen LogP contribution >= 0.6 is 12.4 Å². The Labute approximate surface area is 109 Å². The van der Waals surface area contributed by atoms with Crippen molar-refractivity contribution >= 4 is 18.3 Å². The minimum absolute atomic E-state index is 0. The Morgan fingerprint density at radius 3 is 2.88 bits per heavy atom. The highest BCUT2D eigenvalue weighted by Crippen LogP contribution is 2.05. The zero-order valence-corrected chi connectivity index (χ0v) is 11.3. The summed E-state index contributed by atoms with van der Waals surface area (Å²) in [6.45, 7) is 4.61. The lowest BCUT2D eigenvalue weighted by Crippen LogP contribution is -2.42. The summed E-state index contributed by atoms with van der Waals surface area (Å²) >= 11 is 0. The minimum Gasteiger partial charge on any atom is -0.393 e. The lowest BCUT2D eigenvalue weighted by molar-refractivity contribution is -0.133. The van der Waals surface area contributed by atoms with Gasteiger partial charge in [-0.05, 0) is 13.3 Å². The maximum Gasteiger partial charge on any atom is 0.224 e. The lowest BCUT2D eigenvalue weighted by atomic mass is 10.2. The van der Waals surface area contributed by atoms with Gasteiger partial charge in [0, 0.05) is 26.7 Å². The highest BCUT2D eigenvalue weighted by molar-refractivity contribution is 5.85. The molecule has 2 unspecified atom stereocenters. The van der Waals surface area contributed by atoms with Crippen LogP contribution in [0.3, 0.4) is 0 Å². The molecule has 1 fully saturated rings. The first-order valence-corrected chi connectivity index (χ1v) is 5.84. The van der Waals surface area contributed by atoms with Gasteiger partial charge in [-0.1, -0.05) is 0 Å². The van der Waals surface area contributed by atoms with Crippen LogP contribution in [0.2, 0.25) is 0 Å². The third-order valence-corrected chi connectivity index (χ3v) is 2.71. The molecule has 102 valence electrons. The van der Waals surface area contributed by atoms with Gasteiger partial charge in [0.1, 0.15) is 0 Å².